The van der Waals surface area contributed by atoms with E-state index in [-0.39, 0.29) is 6.61 Å². The third-order valence-corrected chi connectivity index (χ3v) is 3.71. The van der Waals surface area contributed by atoms with Crippen LogP contribution in [0.3, 0.4) is 0 Å². The molecule has 1 aromatic rings. The fourth-order valence-electron chi connectivity index (χ4n) is 2.13. The number of rotatable bonds is 2. The number of halogens is 1. The summed E-state index contributed by atoms with van der Waals surface area (Å²) >= 11 is 3.32. The Labute approximate surface area is 107 Å². The molecule has 2 N–H and O–H groups in total. The minimum Gasteiger partial charge on any atom is -0.465 e. The summed E-state index contributed by atoms with van der Waals surface area (Å²) in [7, 11) is 0. The van der Waals surface area contributed by atoms with E-state index in [2.05, 4.69) is 21.0 Å². The van der Waals surface area contributed by atoms with Crippen molar-refractivity contribution in [3.8, 4) is 0 Å². The maximum absolute atomic E-state index is 10.8. The summed E-state index contributed by atoms with van der Waals surface area (Å²) < 4.78 is 2.59. The van der Waals surface area contributed by atoms with Gasteiger partial charge in [-0.2, -0.15) is 5.10 Å². The molecular formula is C10H14BrN3O3. The predicted octanol–water partition coefficient (Wildman–Crippen LogP) is 1.11. The van der Waals surface area contributed by atoms with E-state index in [1.165, 1.54) is 4.90 Å². The van der Waals surface area contributed by atoms with E-state index in [1.54, 1.807) is 10.9 Å². The zero-order valence-electron chi connectivity index (χ0n) is 9.21. The molecule has 2 heterocycles. The minimum atomic E-state index is -0.904. The van der Waals surface area contributed by atoms with Gasteiger partial charge in [-0.15, -0.1) is 0 Å². The van der Waals surface area contributed by atoms with Crippen LogP contribution < -0.4 is 0 Å². The second-order valence-electron chi connectivity index (χ2n) is 4.26. The molecule has 1 aromatic heterocycles. The Morgan fingerprint density at radius 2 is 2.18 bits per heavy atom. The summed E-state index contributed by atoms with van der Waals surface area (Å²) in [5.74, 6) is 0. The first kappa shape index (κ1) is 12.4. The lowest BCUT2D eigenvalue weighted by molar-refractivity contribution is 0.0436. The van der Waals surface area contributed by atoms with Crippen LogP contribution in [0, 0.1) is 0 Å². The van der Waals surface area contributed by atoms with Gasteiger partial charge in [-0.3, -0.25) is 4.68 Å². The standard InChI is InChI=1S/C10H14BrN3O3/c11-8-5-12-14(6-8)10(7-15)1-3-13(4-2-10)9(16)17/h5-6,15H,1-4,7H2,(H,16,17). The molecule has 0 bridgehead atoms. The third-order valence-electron chi connectivity index (χ3n) is 3.30. The van der Waals surface area contributed by atoms with Crippen molar-refractivity contribution in [2.45, 2.75) is 18.4 Å². The summed E-state index contributed by atoms with van der Waals surface area (Å²) in [5, 5.41) is 22.7. The largest absolute Gasteiger partial charge is 0.465 e. The summed E-state index contributed by atoms with van der Waals surface area (Å²) in [6, 6.07) is 0. The molecule has 0 unspecified atom stereocenters. The molecule has 2 rings (SSSR count). The minimum absolute atomic E-state index is 0.0332. The molecule has 94 valence electrons. The van der Waals surface area contributed by atoms with Gasteiger partial charge in [0, 0.05) is 19.3 Å². The van der Waals surface area contributed by atoms with Crippen molar-refractivity contribution in [3.63, 3.8) is 0 Å². The molecule has 6 nitrogen and oxygen atoms in total. The van der Waals surface area contributed by atoms with Crippen LogP contribution in [0.25, 0.3) is 0 Å². The highest BCUT2D eigenvalue weighted by Gasteiger charge is 2.37. The highest BCUT2D eigenvalue weighted by Crippen LogP contribution is 2.30. The normalized spacial score (nSPS) is 19.3. The molecule has 0 aromatic carbocycles. The Balaban J connectivity index is 2.16. The fourth-order valence-corrected chi connectivity index (χ4v) is 2.42. The number of hydrogen-bond donors (Lipinski definition) is 2. The van der Waals surface area contributed by atoms with Gasteiger partial charge in [-0.05, 0) is 28.8 Å². The number of carboxylic acid groups (broad SMARTS) is 1. The SMILES string of the molecule is O=C(O)N1CCC(CO)(n2cc(Br)cn2)CC1. The van der Waals surface area contributed by atoms with Crippen LogP contribution in [-0.4, -0.2) is 50.7 Å². The van der Waals surface area contributed by atoms with Gasteiger partial charge >= 0.3 is 6.09 Å². The van der Waals surface area contributed by atoms with E-state index in [0.717, 1.165) is 4.47 Å². The van der Waals surface area contributed by atoms with Crippen molar-refractivity contribution in [1.29, 1.82) is 0 Å². The second-order valence-corrected chi connectivity index (χ2v) is 5.17. The lowest BCUT2D eigenvalue weighted by Gasteiger charge is -2.39. The van der Waals surface area contributed by atoms with Crippen LogP contribution in [-0.2, 0) is 5.54 Å². The van der Waals surface area contributed by atoms with Crippen LogP contribution in [0.1, 0.15) is 12.8 Å². The third kappa shape index (κ3) is 2.30. The lowest BCUT2D eigenvalue weighted by Crippen LogP contribution is -2.49. The maximum atomic E-state index is 10.8. The number of piperidine rings is 1. The average Bonchev–Trinajstić information content (AvgIpc) is 2.76. The molecule has 1 aliphatic rings. The molecule has 0 aliphatic carbocycles. The zero-order valence-corrected chi connectivity index (χ0v) is 10.8. The molecule has 17 heavy (non-hydrogen) atoms. The van der Waals surface area contributed by atoms with Crippen molar-refractivity contribution in [3.05, 3.63) is 16.9 Å². The maximum Gasteiger partial charge on any atom is 0.407 e. The van der Waals surface area contributed by atoms with Crippen LogP contribution in [0.15, 0.2) is 16.9 Å². The Kier molecular flexibility index (Phi) is 3.39. The molecule has 1 amide bonds. The second kappa shape index (κ2) is 4.66. The van der Waals surface area contributed by atoms with E-state index in [0.29, 0.717) is 25.9 Å². The van der Waals surface area contributed by atoms with Crippen LogP contribution >= 0.6 is 15.9 Å². The van der Waals surface area contributed by atoms with Crippen molar-refractivity contribution in [1.82, 2.24) is 14.7 Å². The number of hydrogen-bond acceptors (Lipinski definition) is 3. The smallest absolute Gasteiger partial charge is 0.407 e. The summed E-state index contributed by atoms with van der Waals surface area (Å²) in [5.41, 5.74) is -0.474. The van der Waals surface area contributed by atoms with E-state index >= 15 is 0 Å². The zero-order chi connectivity index (χ0) is 12.5. The Morgan fingerprint density at radius 1 is 1.53 bits per heavy atom. The Hall–Kier alpha value is -1.08. The highest BCUT2D eigenvalue weighted by molar-refractivity contribution is 9.10. The number of aliphatic hydroxyl groups is 1. The molecule has 0 atom stereocenters. The van der Waals surface area contributed by atoms with Crippen molar-refractivity contribution in [2.24, 2.45) is 0 Å². The van der Waals surface area contributed by atoms with Gasteiger partial charge < -0.3 is 15.1 Å². The summed E-state index contributed by atoms with van der Waals surface area (Å²) in [6.45, 7) is 0.815. The monoisotopic (exact) mass is 303 g/mol. The van der Waals surface area contributed by atoms with E-state index in [4.69, 9.17) is 5.11 Å². The van der Waals surface area contributed by atoms with Crippen LogP contribution in [0.2, 0.25) is 0 Å². The Bertz CT molecular complexity index is 413. The van der Waals surface area contributed by atoms with Crippen molar-refractivity contribution < 1.29 is 15.0 Å². The molecule has 0 spiro atoms. The van der Waals surface area contributed by atoms with Crippen molar-refractivity contribution in [2.75, 3.05) is 19.7 Å². The lowest BCUT2D eigenvalue weighted by atomic mass is 9.88. The Morgan fingerprint density at radius 3 is 2.59 bits per heavy atom. The predicted molar refractivity (Wildman–Crippen MR) is 63.8 cm³/mol. The van der Waals surface area contributed by atoms with Gasteiger partial charge in [0.05, 0.1) is 22.8 Å². The molecule has 0 radical (unpaired) electrons. The van der Waals surface area contributed by atoms with Gasteiger partial charge in [0.1, 0.15) is 0 Å². The molecule has 0 saturated carbocycles. The number of amides is 1. The molecular weight excluding hydrogens is 290 g/mol. The average molecular weight is 304 g/mol. The summed E-state index contributed by atoms with van der Waals surface area (Å²) in [6.07, 6.45) is 3.72. The number of nitrogens with zero attached hydrogens (tertiary/aromatic N) is 3. The van der Waals surface area contributed by atoms with Gasteiger partial charge in [0.15, 0.2) is 0 Å². The van der Waals surface area contributed by atoms with Crippen LogP contribution in [0.5, 0.6) is 0 Å². The first-order valence-electron chi connectivity index (χ1n) is 5.37. The fraction of sp³-hybridized carbons (Fsp3) is 0.600. The topological polar surface area (TPSA) is 78.6 Å². The molecule has 7 heteroatoms. The van der Waals surface area contributed by atoms with Gasteiger partial charge in [-0.25, -0.2) is 4.79 Å². The number of aromatic nitrogens is 2. The van der Waals surface area contributed by atoms with E-state index in [9.17, 15) is 9.90 Å². The quantitative estimate of drug-likeness (QED) is 0.858. The van der Waals surface area contributed by atoms with Gasteiger partial charge in [0.25, 0.3) is 0 Å². The summed E-state index contributed by atoms with van der Waals surface area (Å²) in [4.78, 5) is 12.2. The van der Waals surface area contributed by atoms with E-state index < -0.39 is 11.6 Å². The van der Waals surface area contributed by atoms with Crippen molar-refractivity contribution >= 4 is 22.0 Å². The number of aliphatic hydroxyl groups excluding tert-OH is 1. The van der Waals surface area contributed by atoms with Gasteiger partial charge in [0.2, 0.25) is 0 Å². The first-order valence-corrected chi connectivity index (χ1v) is 6.16. The van der Waals surface area contributed by atoms with E-state index in [1.807, 2.05) is 6.20 Å². The highest BCUT2D eigenvalue weighted by atomic mass is 79.9. The molecule has 1 saturated heterocycles. The number of carbonyl (C=O) groups is 1. The van der Waals surface area contributed by atoms with Gasteiger partial charge in [-0.1, -0.05) is 0 Å². The first-order chi connectivity index (χ1) is 8.07. The molecule has 1 aliphatic heterocycles. The van der Waals surface area contributed by atoms with Crippen LogP contribution in [0.4, 0.5) is 4.79 Å². The number of likely N-dealkylation sites (tertiary alicyclic amines) is 1. The molecule has 1 fully saturated rings.